The van der Waals surface area contributed by atoms with Crippen molar-refractivity contribution >= 4 is 17.7 Å². The van der Waals surface area contributed by atoms with Crippen LogP contribution in [-0.2, 0) is 4.79 Å². The lowest BCUT2D eigenvalue weighted by Crippen LogP contribution is -2.33. The van der Waals surface area contributed by atoms with E-state index in [2.05, 4.69) is 31.3 Å². The summed E-state index contributed by atoms with van der Waals surface area (Å²) in [5.41, 5.74) is 1.20. The van der Waals surface area contributed by atoms with Gasteiger partial charge in [-0.15, -0.1) is 11.8 Å². The predicted octanol–water partition coefficient (Wildman–Crippen LogP) is 3.43. The molecule has 1 aromatic rings. The fraction of sp³-hybridized carbons (Fsp3) is 0.533. The smallest absolute Gasteiger partial charge is 0.228 e. The molecule has 1 atom stereocenters. The monoisotopic (exact) mass is 263 g/mol. The highest BCUT2D eigenvalue weighted by molar-refractivity contribution is 7.99. The van der Waals surface area contributed by atoms with Gasteiger partial charge in [0.1, 0.15) is 0 Å². The van der Waals surface area contributed by atoms with Gasteiger partial charge in [0.2, 0.25) is 5.91 Å². The van der Waals surface area contributed by atoms with Gasteiger partial charge in [-0.2, -0.15) is 0 Å². The van der Waals surface area contributed by atoms with Gasteiger partial charge in [0, 0.05) is 17.2 Å². The molecule has 1 unspecified atom stereocenters. The van der Waals surface area contributed by atoms with Gasteiger partial charge in [-0.05, 0) is 17.5 Å². The van der Waals surface area contributed by atoms with Gasteiger partial charge in [0.25, 0.3) is 0 Å². The summed E-state index contributed by atoms with van der Waals surface area (Å²) in [6.45, 7) is 5.18. The van der Waals surface area contributed by atoms with Crippen molar-refractivity contribution in [3.8, 4) is 0 Å². The Bertz CT molecular complexity index is 415. The maximum atomic E-state index is 12.2. The van der Waals surface area contributed by atoms with Crippen LogP contribution in [-0.4, -0.2) is 18.2 Å². The van der Waals surface area contributed by atoms with Gasteiger partial charge in [-0.25, -0.2) is 0 Å². The number of fused-ring (bicyclic) bond motifs is 1. The molecule has 0 aliphatic carbocycles. The Morgan fingerprint density at radius 2 is 2.11 bits per heavy atom. The fourth-order valence-corrected chi connectivity index (χ4v) is 3.55. The average Bonchev–Trinajstić information content (AvgIpc) is 2.83. The first-order valence-electron chi connectivity index (χ1n) is 6.75. The van der Waals surface area contributed by atoms with Gasteiger partial charge in [-0.1, -0.05) is 44.9 Å². The van der Waals surface area contributed by atoms with E-state index in [-0.39, 0.29) is 11.8 Å². The van der Waals surface area contributed by atoms with Crippen molar-refractivity contribution in [2.75, 3.05) is 12.3 Å². The second-order valence-electron chi connectivity index (χ2n) is 4.83. The fourth-order valence-electron chi connectivity index (χ4n) is 2.33. The molecule has 1 aliphatic heterocycles. The van der Waals surface area contributed by atoms with E-state index in [1.54, 1.807) is 11.8 Å². The number of amides is 1. The molecule has 0 radical (unpaired) electrons. The molecule has 0 saturated carbocycles. The van der Waals surface area contributed by atoms with E-state index in [0.29, 0.717) is 5.92 Å². The quantitative estimate of drug-likeness (QED) is 0.882. The van der Waals surface area contributed by atoms with Crippen LogP contribution in [0.5, 0.6) is 0 Å². The molecule has 18 heavy (non-hydrogen) atoms. The molecule has 0 fully saturated rings. The number of carbonyl (C=O) groups is 1. The lowest BCUT2D eigenvalue weighted by molar-refractivity contribution is -0.122. The summed E-state index contributed by atoms with van der Waals surface area (Å²) in [6.07, 6.45) is 2.26. The zero-order valence-electron chi connectivity index (χ0n) is 11.1. The Morgan fingerprint density at radius 3 is 2.83 bits per heavy atom. The van der Waals surface area contributed by atoms with Crippen molar-refractivity contribution in [3.63, 3.8) is 0 Å². The largest absolute Gasteiger partial charge is 0.355 e. The molecule has 1 aliphatic rings. The predicted molar refractivity (Wildman–Crippen MR) is 77.0 cm³/mol. The SMILES string of the molecule is CCC(CC)CNC(=O)C1CSc2ccccc21. The summed E-state index contributed by atoms with van der Waals surface area (Å²) >= 11 is 1.79. The first kappa shape index (κ1) is 13.5. The average molecular weight is 263 g/mol. The first-order chi connectivity index (χ1) is 8.76. The summed E-state index contributed by atoms with van der Waals surface area (Å²) in [5.74, 6) is 1.73. The first-order valence-corrected chi connectivity index (χ1v) is 7.74. The minimum absolute atomic E-state index is 0.0422. The Labute approximate surface area is 114 Å². The molecule has 98 valence electrons. The molecule has 1 amide bonds. The van der Waals surface area contributed by atoms with E-state index in [9.17, 15) is 4.79 Å². The third-order valence-corrected chi connectivity index (χ3v) is 4.92. The Balaban J connectivity index is 1.95. The molecular formula is C15H21NOS. The van der Waals surface area contributed by atoms with E-state index in [1.165, 1.54) is 10.5 Å². The lowest BCUT2D eigenvalue weighted by atomic mass is 9.99. The summed E-state index contributed by atoms with van der Waals surface area (Å²) in [7, 11) is 0. The second-order valence-corrected chi connectivity index (χ2v) is 5.89. The standard InChI is InChI=1S/C15H21NOS/c1-3-11(4-2)9-16-15(17)13-10-18-14-8-6-5-7-12(13)14/h5-8,11,13H,3-4,9-10H2,1-2H3,(H,16,17). The van der Waals surface area contributed by atoms with Crippen LogP contribution >= 0.6 is 11.8 Å². The topological polar surface area (TPSA) is 29.1 Å². The van der Waals surface area contributed by atoms with Crippen LogP contribution in [0.4, 0.5) is 0 Å². The third-order valence-electron chi connectivity index (χ3n) is 3.74. The Kier molecular flexibility index (Phi) is 4.70. The molecule has 0 spiro atoms. The maximum absolute atomic E-state index is 12.2. The summed E-state index contributed by atoms with van der Waals surface area (Å²) < 4.78 is 0. The minimum atomic E-state index is 0.0422. The number of hydrogen-bond acceptors (Lipinski definition) is 2. The van der Waals surface area contributed by atoms with E-state index < -0.39 is 0 Å². The number of rotatable bonds is 5. The van der Waals surface area contributed by atoms with Crippen molar-refractivity contribution in [2.24, 2.45) is 5.92 Å². The summed E-state index contributed by atoms with van der Waals surface area (Å²) in [6, 6.07) is 8.24. The number of hydrogen-bond donors (Lipinski definition) is 1. The molecule has 1 N–H and O–H groups in total. The highest BCUT2D eigenvalue weighted by Gasteiger charge is 2.28. The van der Waals surface area contributed by atoms with Crippen LogP contribution in [0.25, 0.3) is 0 Å². The van der Waals surface area contributed by atoms with Crippen LogP contribution < -0.4 is 5.32 Å². The molecule has 3 heteroatoms. The van der Waals surface area contributed by atoms with Crippen LogP contribution in [0.15, 0.2) is 29.2 Å². The molecule has 0 bridgehead atoms. The summed E-state index contributed by atoms with van der Waals surface area (Å²) in [4.78, 5) is 13.5. The number of carbonyl (C=O) groups excluding carboxylic acids is 1. The molecular weight excluding hydrogens is 242 g/mol. The van der Waals surface area contributed by atoms with Gasteiger partial charge in [0.15, 0.2) is 0 Å². The number of benzene rings is 1. The normalized spacial score (nSPS) is 17.8. The zero-order chi connectivity index (χ0) is 13.0. The Hall–Kier alpha value is -0.960. The third kappa shape index (κ3) is 2.89. The van der Waals surface area contributed by atoms with Crippen LogP contribution in [0.2, 0.25) is 0 Å². The molecule has 0 saturated heterocycles. The van der Waals surface area contributed by atoms with Crippen molar-refractivity contribution in [2.45, 2.75) is 37.5 Å². The van der Waals surface area contributed by atoms with Crippen LogP contribution in [0.1, 0.15) is 38.2 Å². The van der Waals surface area contributed by atoms with Crippen molar-refractivity contribution in [1.82, 2.24) is 5.32 Å². The molecule has 0 aromatic heterocycles. The van der Waals surface area contributed by atoms with Gasteiger partial charge < -0.3 is 5.32 Å². The maximum Gasteiger partial charge on any atom is 0.228 e. The van der Waals surface area contributed by atoms with Gasteiger partial charge in [0.05, 0.1) is 5.92 Å². The van der Waals surface area contributed by atoms with E-state index in [1.807, 2.05) is 12.1 Å². The Morgan fingerprint density at radius 1 is 1.39 bits per heavy atom. The minimum Gasteiger partial charge on any atom is -0.355 e. The molecule has 2 rings (SSSR count). The van der Waals surface area contributed by atoms with Crippen molar-refractivity contribution < 1.29 is 4.79 Å². The molecule has 1 heterocycles. The van der Waals surface area contributed by atoms with Crippen LogP contribution in [0.3, 0.4) is 0 Å². The highest BCUT2D eigenvalue weighted by atomic mass is 32.2. The zero-order valence-corrected chi connectivity index (χ0v) is 11.9. The van der Waals surface area contributed by atoms with Gasteiger partial charge in [-0.3, -0.25) is 4.79 Å². The highest BCUT2D eigenvalue weighted by Crippen LogP contribution is 2.39. The number of thioether (sulfide) groups is 1. The summed E-state index contributed by atoms with van der Waals surface area (Å²) in [5, 5.41) is 3.12. The second kappa shape index (κ2) is 6.28. The lowest BCUT2D eigenvalue weighted by Gasteiger charge is -2.16. The number of nitrogens with one attached hydrogen (secondary N) is 1. The molecule has 2 nitrogen and oxygen atoms in total. The van der Waals surface area contributed by atoms with E-state index in [0.717, 1.165) is 25.1 Å². The molecule has 1 aromatic carbocycles. The van der Waals surface area contributed by atoms with Crippen molar-refractivity contribution in [1.29, 1.82) is 0 Å². The van der Waals surface area contributed by atoms with E-state index >= 15 is 0 Å². The van der Waals surface area contributed by atoms with E-state index in [4.69, 9.17) is 0 Å². The van der Waals surface area contributed by atoms with Crippen molar-refractivity contribution in [3.05, 3.63) is 29.8 Å². The van der Waals surface area contributed by atoms with Gasteiger partial charge >= 0.3 is 0 Å². The van der Waals surface area contributed by atoms with Crippen LogP contribution in [0, 0.1) is 5.92 Å².